The van der Waals surface area contributed by atoms with Crippen LogP contribution in [0.5, 0.6) is 11.5 Å². The summed E-state index contributed by atoms with van der Waals surface area (Å²) in [6.07, 6.45) is 7.64. The third-order valence-electron chi connectivity index (χ3n) is 4.50. The molecule has 3 rings (SSSR count). The number of benzene rings is 1. The third kappa shape index (κ3) is 2.19. The van der Waals surface area contributed by atoms with E-state index in [-0.39, 0.29) is 11.5 Å². The summed E-state index contributed by atoms with van der Waals surface area (Å²) in [5.74, 6) is 1.16. The van der Waals surface area contributed by atoms with E-state index in [0.29, 0.717) is 6.04 Å². The van der Waals surface area contributed by atoms with Crippen LogP contribution in [0.1, 0.15) is 43.2 Å². The Hall–Kier alpha value is -1.22. The number of hydrogen-bond acceptors (Lipinski definition) is 3. The minimum absolute atomic E-state index is 0.176. The van der Waals surface area contributed by atoms with Gasteiger partial charge < -0.3 is 15.5 Å². The molecular weight excluding hydrogens is 226 g/mol. The summed E-state index contributed by atoms with van der Waals surface area (Å²) in [5.41, 5.74) is 2.07. The molecule has 3 heteroatoms. The quantitative estimate of drug-likeness (QED) is 0.715. The smallest absolute Gasteiger partial charge is 0.124 e. The van der Waals surface area contributed by atoms with Gasteiger partial charge in [0.1, 0.15) is 11.5 Å². The maximum absolute atomic E-state index is 9.83. The van der Waals surface area contributed by atoms with Gasteiger partial charge in [-0.2, -0.15) is 0 Å². The molecule has 1 aromatic carbocycles. The van der Waals surface area contributed by atoms with E-state index in [1.807, 2.05) is 6.07 Å². The van der Waals surface area contributed by atoms with Crippen LogP contribution < -0.4 is 5.32 Å². The molecule has 1 heterocycles. The van der Waals surface area contributed by atoms with Gasteiger partial charge in [0.25, 0.3) is 0 Å². The van der Waals surface area contributed by atoms with Gasteiger partial charge in [-0.25, -0.2) is 0 Å². The molecule has 18 heavy (non-hydrogen) atoms. The number of hydrogen-bond donors (Lipinski definition) is 3. The van der Waals surface area contributed by atoms with Crippen LogP contribution in [0.15, 0.2) is 12.1 Å². The number of phenols is 2. The van der Waals surface area contributed by atoms with Crippen LogP contribution in [-0.2, 0) is 13.0 Å². The van der Waals surface area contributed by atoms with Gasteiger partial charge in [-0.1, -0.05) is 19.3 Å². The van der Waals surface area contributed by atoms with Gasteiger partial charge in [-0.05, 0) is 36.8 Å². The van der Waals surface area contributed by atoms with Crippen LogP contribution in [0.3, 0.4) is 0 Å². The summed E-state index contributed by atoms with van der Waals surface area (Å²) in [4.78, 5) is 0. The van der Waals surface area contributed by atoms with Crippen molar-refractivity contribution in [2.24, 2.45) is 5.92 Å². The Morgan fingerprint density at radius 3 is 2.61 bits per heavy atom. The Kier molecular flexibility index (Phi) is 3.16. The second kappa shape index (κ2) is 4.81. The van der Waals surface area contributed by atoms with Crippen LogP contribution in [0, 0.1) is 5.92 Å². The highest BCUT2D eigenvalue weighted by atomic mass is 16.3. The molecule has 0 radical (unpaired) electrons. The Labute approximate surface area is 108 Å². The molecule has 3 N–H and O–H groups in total. The Morgan fingerprint density at radius 1 is 1.06 bits per heavy atom. The summed E-state index contributed by atoms with van der Waals surface area (Å²) in [7, 11) is 0. The van der Waals surface area contributed by atoms with E-state index in [1.165, 1.54) is 38.2 Å². The van der Waals surface area contributed by atoms with Gasteiger partial charge >= 0.3 is 0 Å². The van der Waals surface area contributed by atoms with Gasteiger partial charge in [0.2, 0.25) is 0 Å². The number of rotatable bonds is 1. The molecule has 1 aliphatic heterocycles. The van der Waals surface area contributed by atoms with E-state index in [0.717, 1.165) is 30.0 Å². The van der Waals surface area contributed by atoms with Crippen LogP contribution in [0.4, 0.5) is 0 Å². The predicted octanol–water partition coefficient (Wildman–Crippen LogP) is 2.69. The minimum atomic E-state index is 0.176. The molecule has 1 aliphatic carbocycles. The maximum atomic E-state index is 9.83. The summed E-state index contributed by atoms with van der Waals surface area (Å²) in [5, 5.41) is 23.0. The molecule has 1 atom stereocenters. The third-order valence-corrected chi connectivity index (χ3v) is 4.50. The first-order valence-electron chi connectivity index (χ1n) is 7.01. The summed E-state index contributed by atoms with van der Waals surface area (Å²) < 4.78 is 0. The van der Waals surface area contributed by atoms with E-state index in [1.54, 1.807) is 0 Å². The van der Waals surface area contributed by atoms with Crippen molar-refractivity contribution in [3.63, 3.8) is 0 Å². The van der Waals surface area contributed by atoms with Crippen molar-refractivity contribution in [2.45, 2.75) is 51.1 Å². The van der Waals surface area contributed by atoms with Crippen LogP contribution >= 0.6 is 0 Å². The van der Waals surface area contributed by atoms with Gasteiger partial charge in [0, 0.05) is 24.2 Å². The Bertz CT molecular complexity index is 438. The van der Waals surface area contributed by atoms with E-state index < -0.39 is 0 Å². The highest BCUT2D eigenvalue weighted by Crippen LogP contribution is 2.34. The Balaban J connectivity index is 1.79. The summed E-state index contributed by atoms with van der Waals surface area (Å²) >= 11 is 0. The molecule has 0 bridgehead atoms. The summed E-state index contributed by atoms with van der Waals surface area (Å²) in [6, 6.07) is 3.76. The second-order valence-corrected chi connectivity index (χ2v) is 5.69. The molecule has 98 valence electrons. The van der Waals surface area contributed by atoms with Gasteiger partial charge in [0.15, 0.2) is 0 Å². The molecule has 0 saturated heterocycles. The average molecular weight is 247 g/mol. The van der Waals surface area contributed by atoms with E-state index in [9.17, 15) is 10.2 Å². The van der Waals surface area contributed by atoms with Crippen molar-refractivity contribution in [3.8, 4) is 11.5 Å². The van der Waals surface area contributed by atoms with Crippen molar-refractivity contribution < 1.29 is 10.2 Å². The van der Waals surface area contributed by atoms with Gasteiger partial charge in [-0.3, -0.25) is 0 Å². The first-order chi connectivity index (χ1) is 8.74. The molecule has 1 saturated carbocycles. The highest BCUT2D eigenvalue weighted by molar-refractivity contribution is 5.46. The fourth-order valence-electron chi connectivity index (χ4n) is 3.50. The molecule has 0 spiro atoms. The van der Waals surface area contributed by atoms with Crippen molar-refractivity contribution in [3.05, 3.63) is 23.3 Å². The molecule has 2 aliphatic rings. The molecular formula is C15H21NO2. The maximum Gasteiger partial charge on any atom is 0.124 e. The first-order valence-corrected chi connectivity index (χ1v) is 7.01. The topological polar surface area (TPSA) is 52.5 Å². The minimum Gasteiger partial charge on any atom is -0.508 e. The Morgan fingerprint density at radius 2 is 1.83 bits per heavy atom. The van der Waals surface area contributed by atoms with Crippen LogP contribution in [-0.4, -0.2) is 16.3 Å². The van der Waals surface area contributed by atoms with E-state index in [2.05, 4.69) is 5.32 Å². The average Bonchev–Trinajstić information content (AvgIpc) is 2.39. The standard InChI is InChI=1S/C15H21NO2/c17-12-6-11-7-14(10-4-2-1-3-5-10)16-9-13(11)15(18)8-12/h6,8,10,14,16-18H,1-5,7,9H2. The normalized spacial score (nSPS) is 24.8. The van der Waals surface area contributed by atoms with Crippen LogP contribution in [0.25, 0.3) is 0 Å². The van der Waals surface area contributed by atoms with Crippen molar-refractivity contribution >= 4 is 0 Å². The lowest BCUT2D eigenvalue weighted by molar-refractivity contribution is 0.256. The molecule has 1 fully saturated rings. The molecule has 1 aromatic rings. The predicted molar refractivity (Wildman–Crippen MR) is 70.7 cm³/mol. The number of phenolic OH excluding ortho intramolecular Hbond substituents is 2. The lowest BCUT2D eigenvalue weighted by Crippen LogP contribution is -2.42. The lowest BCUT2D eigenvalue weighted by Gasteiger charge is -2.35. The van der Waals surface area contributed by atoms with E-state index >= 15 is 0 Å². The monoisotopic (exact) mass is 247 g/mol. The highest BCUT2D eigenvalue weighted by Gasteiger charge is 2.28. The second-order valence-electron chi connectivity index (χ2n) is 5.69. The zero-order valence-corrected chi connectivity index (χ0v) is 10.7. The molecule has 3 nitrogen and oxygen atoms in total. The number of aromatic hydroxyl groups is 2. The lowest BCUT2D eigenvalue weighted by atomic mass is 9.79. The molecule has 0 aromatic heterocycles. The number of fused-ring (bicyclic) bond motifs is 1. The number of nitrogens with one attached hydrogen (secondary N) is 1. The van der Waals surface area contributed by atoms with Crippen molar-refractivity contribution in [1.82, 2.24) is 5.32 Å². The zero-order valence-electron chi connectivity index (χ0n) is 10.7. The fraction of sp³-hybridized carbons (Fsp3) is 0.600. The molecule has 0 amide bonds. The summed E-state index contributed by atoms with van der Waals surface area (Å²) in [6.45, 7) is 0.725. The van der Waals surface area contributed by atoms with Crippen molar-refractivity contribution in [1.29, 1.82) is 0 Å². The van der Waals surface area contributed by atoms with Crippen molar-refractivity contribution in [2.75, 3.05) is 0 Å². The fourth-order valence-corrected chi connectivity index (χ4v) is 3.50. The van der Waals surface area contributed by atoms with Crippen LogP contribution in [0.2, 0.25) is 0 Å². The first kappa shape index (κ1) is 11.8. The zero-order chi connectivity index (χ0) is 12.5. The van der Waals surface area contributed by atoms with E-state index in [4.69, 9.17) is 0 Å². The molecule has 1 unspecified atom stereocenters. The SMILES string of the molecule is Oc1cc(O)c2c(c1)CC(C1CCCCC1)NC2. The largest absolute Gasteiger partial charge is 0.508 e. The van der Waals surface area contributed by atoms with Gasteiger partial charge in [0.05, 0.1) is 0 Å². The van der Waals surface area contributed by atoms with Gasteiger partial charge in [-0.15, -0.1) is 0 Å².